The molecule has 0 saturated carbocycles. The van der Waals surface area contributed by atoms with Crippen LogP contribution < -0.4 is 11.5 Å². The van der Waals surface area contributed by atoms with Gasteiger partial charge in [-0.25, -0.2) is 0 Å². The van der Waals surface area contributed by atoms with Gasteiger partial charge < -0.3 is 11.5 Å². The highest BCUT2D eigenvalue weighted by atomic mass is 14.5. The van der Waals surface area contributed by atoms with Crippen molar-refractivity contribution in [2.45, 2.75) is 6.37 Å². The molecule has 0 aromatic heterocycles. The first-order valence-corrected chi connectivity index (χ1v) is 2.90. The Morgan fingerprint density at radius 1 is 1.30 bits per heavy atom. The second kappa shape index (κ2) is 3.22. The highest BCUT2D eigenvalue weighted by Gasteiger charge is 1.88. The van der Waals surface area contributed by atoms with E-state index in [4.69, 9.17) is 17.0 Å². The van der Waals surface area contributed by atoms with E-state index in [9.17, 15) is 0 Å². The molecule has 2 nitrogen and oxygen atoms in total. The van der Waals surface area contributed by atoms with Crippen LogP contribution in [-0.2, 0) is 6.37 Å². The fraction of sp³-hybridized carbons (Fsp3) is 0.250. The molecule has 0 aliphatic rings. The third-order valence-corrected chi connectivity index (χ3v) is 1.13. The van der Waals surface area contributed by atoms with Gasteiger partial charge in [-0.15, -0.1) is 0 Å². The van der Waals surface area contributed by atoms with Crippen molar-refractivity contribution in [1.82, 2.24) is 0 Å². The van der Waals surface area contributed by atoms with E-state index in [1.165, 1.54) is 24.3 Å². The summed E-state index contributed by atoms with van der Waals surface area (Å²) in [6.07, 6.45) is -2.22. The lowest BCUT2D eigenvalue weighted by Crippen LogP contribution is -2.02. The molecule has 1 rings (SSSR count). The zero-order chi connectivity index (χ0) is 11.0. The Morgan fingerprint density at radius 2 is 1.90 bits per heavy atom. The van der Waals surface area contributed by atoms with Crippen LogP contribution in [0.15, 0.2) is 24.3 Å². The quantitative estimate of drug-likeness (QED) is 0.596. The van der Waals surface area contributed by atoms with Crippen molar-refractivity contribution in [3.63, 3.8) is 0 Å². The molecule has 0 unspecified atom stereocenters. The second-order valence-electron chi connectivity index (χ2n) is 1.89. The summed E-state index contributed by atoms with van der Waals surface area (Å²) in [5.74, 6) is 0. The van der Waals surface area contributed by atoms with Gasteiger partial charge in [0.15, 0.2) is 0 Å². The minimum absolute atomic E-state index is 0.180. The molecule has 0 spiro atoms. The van der Waals surface area contributed by atoms with Gasteiger partial charge in [0.25, 0.3) is 0 Å². The van der Waals surface area contributed by atoms with Crippen LogP contribution in [-0.4, -0.2) is 6.50 Å². The predicted octanol–water partition coefficient (Wildman–Crippen LogP) is 0.770. The second-order valence-corrected chi connectivity index (χ2v) is 1.89. The van der Waals surface area contributed by atoms with Crippen LogP contribution in [0.3, 0.4) is 0 Å². The molecule has 0 atom stereocenters. The van der Waals surface area contributed by atoms with Crippen molar-refractivity contribution in [2.24, 2.45) is 5.73 Å². The molecule has 0 fully saturated rings. The van der Waals surface area contributed by atoms with Crippen molar-refractivity contribution >= 4 is 5.69 Å². The third kappa shape index (κ3) is 1.74. The molecule has 0 amide bonds. The topological polar surface area (TPSA) is 52.0 Å². The smallest absolute Gasteiger partial charge is 0.0429 e. The maximum Gasteiger partial charge on any atom is 0.0429 e. The molecule has 1 aromatic carbocycles. The van der Waals surface area contributed by atoms with Gasteiger partial charge in [-0.1, -0.05) is 12.1 Å². The first kappa shape index (κ1) is 3.39. The maximum absolute atomic E-state index is 7.52. The molecule has 0 aliphatic heterocycles. The zero-order valence-corrected chi connectivity index (χ0v) is 5.46. The first-order chi connectivity index (χ1) is 6.25. The number of benzene rings is 1. The van der Waals surface area contributed by atoms with Gasteiger partial charge in [-0.05, 0) is 30.6 Å². The molecule has 10 heavy (non-hydrogen) atoms. The Bertz CT molecular complexity index is 315. The summed E-state index contributed by atoms with van der Waals surface area (Å²) in [7, 11) is 0. The summed E-state index contributed by atoms with van der Waals surface area (Å²) < 4.78 is 29.4. The summed E-state index contributed by atoms with van der Waals surface area (Å²) in [5, 5.41) is 0. The summed E-state index contributed by atoms with van der Waals surface area (Å²) in [4.78, 5) is 0. The summed E-state index contributed by atoms with van der Waals surface area (Å²) in [6.45, 7) is -2.41. The molecule has 0 radical (unpaired) electrons. The van der Waals surface area contributed by atoms with Crippen LogP contribution in [0.2, 0.25) is 0 Å². The van der Waals surface area contributed by atoms with Crippen LogP contribution in [0.25, 0.3) is 0 Å². The van der Waals surface area contributed by atoms with E-state index in [1.54, 1.807) is 0 Å². The third-order valence-electron chi connectivity index (χ3n) is 1.13. The largest absolute Gasteiger partial charge is 0.399 e. The lowest BCUT2D eigenvalue weighted by atomic mass is 10.1. The average Bonchev–Trinajstić information content (AvgIpc) is 2.03. The number of anilines is 1. The van der Waals surface area contributed by atoms with Crippen molar-refractivity contribution in [3.05, 3.63) is 29.8 Å². The number of rotatable bonds is 2. The molecule has 0 heterocycles. The van der Waals surface area contributed by atoms with Gasteiger partial charge in [0.2, 0.25) is 0 Å². The van der Waals surface area contributed by atoms with Crippen molar-refractivity contribution in [3.8, 4) is 0 Å². The van der Waals surface area contributed by atoms with Crippen LogP contribution in [0, 0.1) is 0 Å². The fourth-order valence-corrected chi connectivity index (χ4v) is 0.650. The van der Waals surface area contributed by atoms with E-state index in [1.807, 2.05) is 0 Å². The minimum atomic E-state index is -2.41. The van der Waals surface area contributed by atoms with Crippen LogP contribution in [0.4, 0.5) is 5.69 Å². The number of aryl methyl sites for hydroxylation is 1. The van der Waals surface area contributed by atoms with Gasteiger partial charge >= 0.3 is 0 Å². The van der Waals surface area contributed by atoms with Crippen LogP contribution in [0.1, 0.15) is 11.0 Å². The molecule has 0 aliphatic carbocycles. The fourth-order valence-electron chi connectivity index (χ4n) is 0.650. The Morgan fingerprint density at radius 3 is 2.40 bits per heavy atom. The Hall–Kier alpha value is -1.02. The first-order valence-electron chi connectivity index (χ1n) is 4.90. The van der Waals surface area contributed by atoms with E-state index < -0.39 is 12.9 Å². The monoisotopic (exact) mass is 140 g/mol. The van der Waals surface area contributed by atoms with Gasteiger partial charge in [-0.3, -0.25) is 0 Å². The minimum Gasteiger partial charge on any atom is -0.399 e. The van der Waals surface area contributed by atoms with E-state index in [-0.39, 0.29) is 5.56 Å². The van der Waals surface area contributed by atoms with Crippen LogP contribution in [0.5, 0.6) is 0 Å². The van der Waals surface area contributed by atoms with Gasteiger partial charge in [-0.2, -0.15) is 0 Å². The lowest BCUT2D eigenvalue weighted by molar-refractivity contribution is 0.969. The maximum atomic E-state index is 7.52. The molecular weight excluding hydrogens is 124 g/mol. The van der Waals surface area contributed by atoms with E-state index in [2.05, 4.69) is 0 Å². The van der Waals surface area contributed by atoms with Gasteiger partial charge in [0.05, 0.1) is 0 Å². The van der Waals surface area contributed by atoms with Gasteiger partial charge in [0.1, 0.15) is 0 Å². The zero-order valence-electron chi connectivity index (χ0n) is 9.46. The van der Waals surface area contributed by atoms with Crippen molar-refractivity contribution in [1.29, 1.82) is 0 Å². The van der Waals surface area contributed by atoms with E-state index in [0.717, 1.165) is 0 Å². The molecule has 0 bridgehead atoms. The highest BCUT2D eigenvalue weighted by Crippen LogP contribution is 2.04. The van der Waals surface area contributed by atoms with Crippen LogP contribution >= 0.6 is 0 Å². The standard InChI is InChI=1S/C8H12N2/c9-6-5-7-1-3-8(10)4-2-7/h1-4H,5-6,9-10H2/i5D2,6D2. The molecular formula is C8H12N2. The molecule has 4 N–H and O–H groups in total. The van der Waals surface area contributed by atoms with Gasteiger partial charge in [0, 0.05) is 11.2 Å². The predicted molar refractivity (Wildman–Crippen MR) is 43.6 cm³/mol. The van der Waals surface area contributed by atoms with Crippen molar-refractivity contribution in [2.75, 3.05) is 12.2 Å². The van der Waals surface area contributed by atoms with E-state index >= 15 is 0 Å². The normalized spacial score (nSPS) is 18.5. The molecule has 54 valence electrons. The highest BCUT2D eigenvalue weighted by molar-refractivity contribution is 5.39. The Labute approximate surface area is 66.5 Å². The SMILES string of the molecule is [2H]C([2H])(N)C([2H])([2H])c1ccc(N)cc1. The number of nitrogen functional groups attached to an aromatic ring is 1. The van der Waals surface area contributed by atoms with Crippen molar-refractivity contribution < 1.29 is 5.48 Å². The van der Waals surface area contributed by atoms with E-state index in [0.29, 0.717) is 5.69 Å². The Balaban J connectivity index is 3.10. The summed E-state index contributed by atoms with van der Waals surface area (Å²) >= 11 is 0. The number of hydrogen-bond donors (Lipinski definition) is 2. The summed E-state index contributed by atoms with van der Waals surface area (Å²) in [6, 6.07) is 5.89. The molecule has 0 saturated heterocycles. The molecule has 1 aromatic rings. The number of nitrogens with two attached hydrogens (primary N) is 2. The lowest BCUT2D eigenvalue weighted by Gasteiger charge is -1.97. The summed E-state index contributed by atoms with van der Waals surface area (Å²) in [5.41, 5.74) is 11.2. The average molecular weight is 140 g/mol. The number of hydrogen-bond acceptors (Lipinski definition) is 2. The Kier molecular flexibility index (Phi) is 1.09. The molecule has 2 heteroatoms.